The lowest BCUT2D eigenvalue weighted by molar-refractivity contribution is -0.168. The summed E-state index contributed by atoms with van der Waals surface area (Å²) >= 11 is 0. The Morgan fingerprint density at radius 1 is 1.10 bits per heavy atom. The Kier molecular flexibility index (Phi) is 5.98. The highest BCUT2D eigenvalue weighted by Crippen LogP contribution is 2.59. The van der Waals surface area contributed by atoms with Crippen molar-refractivity contribution in [2.45, 2.75) is 91.6 Å². The van der Waals surface area contributed by atoms with Crippen molar-refractivity contribution in [3.05, 3.63) is 23.3 Å². The molecule has 0 heterocycles. The average molecular weight is 421 g/mol. The summed E-state index contributed by atoms with van der Waals surface area (Å²) in [5.74, 6) is -1.55. The van der Waals surface area contributed by atoms with Gasteiger partial charge in [0.15, 0.2) is 0 Å². The van der Waals surface area contributed by atoms with Crippen molar-refractivity contribution in [3.8, 4) is 0 Å². The molecule has 7 unspecified atom stereocenters. The lowest BCUT2D eigenvalue weighted by Gasteiger charge is -2.58. The topological polar surface area (TPSA) is 93.1 Å². The van der Waals surface area contributed by atoms with Gasteiger partial charge in [-0.05, 0) is 48.2 Å². The molecule has 3 rings (SSSR count). The molecule has 3 aliphatic carbocycles. The van der Waals surface area contributed by atoms with Crippen LogP contribution in [0.15, 0.2) is 23.3 Å². The molecule has 0 aliphatic heterocycles. The molecule has 3 aliphatic rings. The average Bonchev–Trinajstić information content (AvgIpc) is 2.54. The molecule has 2 bridgehead atoms. The van der Waals surface area contributed by atoms with Crippen LogP contribution in [0, 0.1) is 22.7 Å². The molecule has 2 N–H and O–H groups in total. The van der Waals surface area contributed by atoms with Crippen LogP contribution in [0.5, 0.6) is 0 Å². The highest BCUT2D eigenvalue weighted by Gasteiger charge is 2.59. The maximum absolute atomic E-state index is 11.9. The van der Waals surface area contributed by atoms with E-state index in [1.807, 2.05) is 20.8 Å². The summed E-state index contributed by atoms with van der Waals surface area (Å²) in [6.45, 7) is 15.1. The third-order valence-corrected chi connectivity index (χ3v) is 7.76. The normalized spacial score (nSPS) is 40.7. The van der Waals surface area contributed by atoms with Crippen LogP contribution in [0.4, 0.5) is 0 Å². The third-order valence-electron chi connectivity index (χ3n) is 7.76. The molecular formula is C24H36O6. The first-order valence-corrected chi connectivity index (χ1v) is 10.9. The molecule has 30 heavy (non-hydrogen) atoms. The number of hydrogen-bond acceptors (Lipinski definition) is 6. The number of esters is 2. The Bertz CT molecular complexity index is 781. The minimum Gasteiger partial charge on any atom is -0.462 e. The second-order valence-electron chi connectivity index (χ2n) is 10.3. The first kappa shape index (κ1) is 23.0. The zero-order chi connectivity index (χ0) is 22.6. The first-order chi connectivity index (χ1) is 13.8. The van der Waals surface area contributed by atoms with Crippen LogP contribution in [0.3, 0.4) is 0 Å². The summed E-state index contributed by atoms with van der Waals surface area (Å²) in [6, 6.07) is 0. The molecule has 168 valence electrons. The van der Waals surface area contributed by atoms with Crippen molar-refractivity contribution in [2.24, 2.45) is 22.7 Å². The lowest BCUT2D eigenvalue weighted by Crippen LogP contribution is -2.59. The smallest absolute Gasteiger partial charge is 0.303 e. The minimum atomic E-state index is -0.851. The monoisotopic (exact) mass is 420 g/mol. The van der Waals surface area contributed by atoms with E-state index in [4.69, 9.17) is 9.47 Å². The maximum atomic E-state index is 11.9. The van der Waals surface area contributed by atoms with Gasteiger partial charge in [0.1, 0.15) is 12.2 Å². The van der Waals surface area contributed by atoms with Crippen molar-refractivity contribution in [3.63, 3.8) is 0 Å². The van der Waals surface area contributed by atoms with Gasteiger partial charge >= 0.3 is 11.9 Å². The van der Waals surface area contributed by atoms with Gasteiger partial charge in [0.05, 0.1) is 12.2 Å². The van der Waals surface area contributed by atoms with Crippen molar-refractivity contribution in [2.75, 3.05) is 0 Å². The van der Waals surface area contributed by atoms with E-state index in [0.717, 1.165) is 11.1 Å². The zero-order valence-electron chi connectivity index (χ0n) is 19.0. The summed E-state index contributed by atoms with van der Waals surface area (Å²) in [6.07, 6.45) is -0.156. The SMILES string of the molecule is C=C1C(OC(C)=O)CCC2(C)CC(O)C3=C(C)CC(OC(C)=O)C(C(O)C12)C3(C)C. The summed E-state index contributed by atoms with van der Waals surface area (Å²) in [4.78, 5) is 23.5. The van der Waals surface area contributed by atoms with Gasteiger partial charge in [-0.15, -0.1) is 0 Å². The number of carbonyl (C=O) groups excluding carboxylic acids is 2. The van der Waals surface area contributed by atoms with Crippen LogP contribution in [-0.2, 0) is 19.1 Å². The fourth-order valence-electron chi connectivity index (χ4n) is 6.82. The summed E-state index contributed by atoms with van der Waals surface area (Å²) in [7, 11) is 0. The van der Waals surface area contributed by atoms with Crippen LogP contribution in [0.25, 0.3) is 0 Å². The van der Waals surface area contributed by atoms with E-state index in [2.05, 4.69) is 13.5 Å². The molecule has 2 fully saturated rings. The molecule has 6 nitrogen and oxygen atoms in total. The van der Waals surface area contributed by atoms with Gasteiger partial charge in [-0.25, -0.2) is 0 Å². The number of ether oxygens (including phenoxy) is 2. The van der Waals surface area contributed by atoms with Crippen LogP contribution in [0.2, 0.25) is 0 Å². The van der Waals surface area contributed by atoms with Crippen LogP contribution >= 0.6 is 0 Å². The van der Waals surface area contributed by atoms with Crippen LogP contribution < -0.4 is 0 Å². The fraction of sp³-hybridized carbons (Fsp3) is 0.750. The number of aliphatic hydroxyl groups is 2. The molecule has 0 spiro atoms. The molecule has 0 aromatic rings. The van der Waals surface area contributed by atoms with Crippen LogP contribution in [0.1, 0.15) is 67.2 Å². The van der Waals surface area contributed by atoms with Crippen LogP contribution in [-0.4, -0.2) is 46.6 Å². The number of fused-ring (bicyclic) bond motifs is 3. The molecule has 0 aromatic heterocycles. The van der Waals surface area contributed by atoms with E-state index in [1.165, 1.54) is 13.8 Å². The summed E-state index contributed by atoms with van der Waals surface area (Å²) in [5.41, 5.74) is 1.67. The Labute approximate surface area is 179 Å². The van der Waals surface area contributed by atoms with Crippen molar-refractivity contribution < 1.29 is 29.3 Å². The van der Waals surface area contributed by atoms with Gasteiger partial charge in [-0.2, -0.15) is 0 Å². The van der Waals surface area contributed by atoms with Gasteiger partial charge in [0.25, 0.3) is 0 Å². The van der Waals surface area contributed by atoms with Gasteiger partial charge in [-0.3, -0.25) is 9.59 Å². The molecule has 6 heteroatoms. The highest BCUT2D eigenvalue weighted by atomic mass is 16.5. The third kappa shape index (κ3) is 3.73. The molecule has 0 radical (unpaired) electrons. The number of hydrogen-bond donors (Lipinski definition) is 2. The number of rotatable bonds is 2. The van der Waals surface area contributed by atoms with Gasteiger partial charge in [0.2, 0.25) is 0 Å². The van der Waals surface area contributed by atoms with Gasteiger partial charge in [0, 0.05) is 32.1 Å². The van der Waals surface area contributed by atoms with Crippen molar-refractivity contribution in [1.29, 1.82) is 0 Å². The lowest BCUT2D eigenvalue weighted by atomic mass is 9.50. The van der Waals surface area contributed by atoms with E-state index >= 15 is 0 Å². The first-order valence-electron chi connectivity index (χ1n) is 10.9. The van der Waals surface area contributed by atoms with Gasteiger partial charge in [-0.1, -0.05) is 32.9 Å². The van der Waals surface area contributed by atoms with E-state index in [-0.39, 0.29) is 17.9 Å². The standard InChI is InChI=1S/C24H36O6/c1-12-10-18(30-15(4)26)21-22(28)20-13(2)17(29-14(3)25)8-9-24(20,7)11-16(27)19(12)23(21,5)6/h16-18,20-22,27-28H,2,8-11H2,1,3-7H3. The Morgan fingerprint density at radius 2 is 1.70 bits per heavy atom. The molecule has 0 aromatic carbocycles. The second kappa shape index (κ2) is 7.79. The Morgan fingerprint density at radius 3 is 2.27 bits per heavy atom. The van der Waals surface area contributed by atoms with E-state index in [1.54, 1.807) is 0 Å². The summed E-state index contributed by atoms with van der Waals surface area (Å²) in [5, 5.41) is 23.1. The number of carbonyl (C=O) groups is 2. The largest absolute Gasteiger partial charge is 0.462 e. The predicted octanol–water partition coefficient (Wildman–Crippen LogP) is 3.31. The molecule has 0 saturated heterocycles. The summed E-state index contributed by atoms with van der Waals surface area (Å²) < 4.78 is 11.2. The molecule has 0 amide bonds. The zero-order valence-corrected chi connectivity index (χ0v) is 19.0. The molecular weight excluding hydrogens is 384 g/mol. The van der Waals surface area contributed by atoms with E-state index in [9.17, 15) is 19.8 Å². The quantitative estimate of drug-likeness (QED) is 0.526. The molecule has 2 saturated carbocycles. The minimum absolute atomic E-state index is 0.373. The Hall–Kier alpha value is -1.66. The van der Waals surface area contributed by atoms with E-state index < -0.39 is 41.2 Å². The van der Waals surface area contributed by atoms with Crippen molar-refractivity contribution >= 4 is 11.9 Å². The number of aliphatic hydroxyl groups excluding tert-OH is 2. The van der Waals surface area contributed by atoms with Crippen molar-refractivity contribution in [1.82, 2.24) is 0 Å². The second-order valence-corrected chi connectivity index (χ2v) is 10.3. The highest BCUT2D eigenvalue weighted by molar-refractivity contribution is 5.67. The molecule has 7 atom stereocenters. The fourth-order valence-corrected chi connectivity index (χ4v) is 6.82. The van der Waals surface area contributed by atoms with E-state index in [0.29, 0.717) is 31.3 Å². The Balaban J connectivity index is 2.13. The van der Waals surface area contributed by atoms with Gasteiger partial charge < -0.3 is 19.7 Å². The maximum Gasteiger partial charge on any atom is 0.303 e. The predicted molar refractivity (Wildman–Crippen MR) is 112 cm³/mol.